The Labute approximate surface area is 121 Å². The Bertz CT molecular complexity index is 269. The van der Waals surface area contributed by atoms with Crippen LogP contribution in [0, 0.1) is 17.8 Å². The van der Waals surface area contributed by atoms with Gasteiger partial charge in [-0.3, -0.25) is 0 Å². The van der Waals surface area contributed by atoms with Gasteiger partial charge < -0.3 is 5.32 Å². The van der Waals surface area contributed by atoms with Crippen LogP contribution in [0.1, 0.15) is 79.6 Å². The zero-order chi connectivity index (χ0) is 14.3. The summed E-state index contributed by atoms with van der Waals surface area (Å²) >= 11 is 0. The Balaban J connectivity index is 2.47. The van der Waals surface area contributed by atoms with Crippen molar-refractivity contribution in [3.63, 3.8) is 0 Å². The zero-order valence-electron chi connectivity index (χ0n) is 13.8. The fraction of sp³-hybridized carbons (Fsp3) is 0.889. The lowest BCUT2D eigenvalue weighted by Crippen LogP contribution is -2.26. The molecule has 1 aliphatic carbocycles. The van der Waals surface area contributed by atoms with Gasteiger partial charge >= 0.3 is 0 Å². The van der Waals surface area contributed by atoms with E-state index < -0.39 is 0 Å². The normalized spacial score (nSPS) is 27.3. The van der Waals surface area contributed by atoms with Gasteiger partial charge in [-0.05, 0) is 56.8 Å². The first kappa shape index (κ1) is 16.6. The second kappa shape index (κ2) is 8.66. The topological polar surface area (TPSA) is 12.0 Å². The van der Waals surface area contributed by atoms with Gasteiger partial charge in [0.1, 0.15) is 0 Å². The molecule has 0 radical (unpaired) electrons. The van der Waals surface area contributed by atoms with Crippen LogP contribution < -0.4 is 5.32 Å². The summed E-state index contributed by atoms with van der Waals surface area (Å²) in [6.07, 6.45) is 11.8. The molecule has 0 aromatic rings. The first-order chi connectivity index (χ1) is 9.06. The van der Waals surface area contributed by atoms with Crippen molar-refractivity contribution in [1.29, 1.82) is 0 Å². The first-order valence-corrected chi connectivity index (χ1v) is 8.52. The molecule has 1 nitrogen and oxygen atoms in total. The molecule has 0 aliphatic heterocycles. The third-order valence-electron chi connectivity index (χ3n) is 4.81. The molecule has 0 fully saturated rings. The summed E-state index contributed by atoms with van der Waals surface area (Å²) in [5, 5.41) is 3.70. The van der Waals surface area contributed by atoms with E-state index in [9.17, 15) is 0 Å². The average molecular weight is 265 g/mol. The van der Waals surface area contributed by atoms with Crippen LogP contribution in [0.2, 0.25) is 0 Å². The molecule has 1 heteroatoms. The molecule has 19 heavy (non-hydrogen) atoms. The van der Waals surface area contributed by atoms with Crippen molar-refractivity contribution in [3.05, 3.63) is 11.8 Å². The van der Waals surface area contributed by atoms with Crippen LogP contribution in [0.25, 0.3) is 0 Å². The Kier molecular flexibility index (Phi) is 7.56. The van der Waals surface area contributed by atoms with Gasteiger partial charge in [0.15, 0.2) is 0 Å². The van der Waals surface area contributed by atoms with Crippen LogP contribution in [0.3, 0.4) is 0 Å². The number of hydrogen-bond donors (Lipinski definition) is 1. The van der Waals surface area contributed by atoms with Crippen LogP contribution in [0.15, 0.2) is 11.8 Å². The summed E-state index contributed by atoms with van der Waals surface area (Å²) in [6, 6.07) is 0.619. The minimum absolute atomic E-state index is 0.619. The van der Waals surface area contributed by atoms with Crippen molar-refractivity contribution in [3.8, 4) is 0 Å². The molecule has 112 valence electrons. The Hall–Kier alpha value is -0.460. The Morgan fingerprint density at radius 1 is 1.32 bits per heavy atom. The van der Waals surface area contributed by atoms with E-state index in [1.54, 1.807) is 0 Å². The molecular weight excluding hydrogens is 230 g/mol. The van der Waals surface area contributed by atoms with Gasteiger partial charge in [-0.1, -0.05) is 46.6 Å². The van der Waals surface area contributed by atoms with E-state index in [0.717, 1.165) is 17.8 Å². The predicted octanol–water partition coefficient (Wildman–Crippen LogP) is 5.52. The van der Waals surface area contributed by atoms with Gasteiger partial charge in [0.25, 0.3) is 0 Å². The second-order valence-electron chi connectivity index (χ2n) is 6.83. The molecule has 0 spiro atoms. The predicted molar refractivity (Wildman–Crippen MR) is 86.2 cm³/mol. The number of nitrogens with one attached hydrogen (secondary N) is 1. The van der Waals surface area contributed by atoms with Crippen LogP contribution >= 0.6 is 0 Å². The maximum atomic E-state index is 3.70. The van der Waals surface area contributed by atoms with E-state index in [1.165, 1.54) is 50.6 Å². The number of allylic oxidation sites excluding steroid dienone is 2. The lowest BCUT2D eigenvalue weighted by molar-refractivity contribution is 0.269. The number of hydrogen-bond acceptors (Lipinski definition) is 1. The average Bonchev–Trinajstić information content (AvgIpc) is 2.52. The third-order valence-corrected chi connectivity index (χ3v) is 4.81. The molecule has 1 N–H and O–H groups in total. The van der Waals surface area contributed by atoms with Gasteiger partial charge in [-0.2, -0.15) is 0 Å². The fourth-order valence-electron chi connectivity index (χ4n) is 3.37. The highest BCUT2D eigenvalue weighted by molar-refractivity contribution is 5.04. The highest BCUT2D eigenvalue weighted by Crippen LogP contribution is 2.33. The molecule has 0 bridgehead atoms. The van der Waals surface area contributed by atoms with Crippen LogP contribution in [-0.4, -0.2) is 6.04 Å². The van der Waals surface area contributed by atoms with Crippen LogP contribution in [-0.2, 0) is 0 Å². The molecule has 0 saturated heterocycles. The van der Waals surface area contributed by atoms with E-state index in [-0.39, 0.29) is 0 Å². The van der Waals surface area contributed by atoms with E-state index >= 15 is 0 Å². The first-order valence-electron chi connectivity index (χ1n) is 8.52. The van der Waals surface area contributed by atoms with Crippen molar-refractivity contribution in [2.75, 3.05) is 0 Å². The zero-order valence-corrected chi connectivity index (χ0v) is 13.8. The summed E-state index contributed by atoms with van der Waals surface area (Å²) in [5.74, 6) is 2.67. The van der Waals surface area contributed by atoms with Gasteiger partial charge in [-0.15, -0.1) is 0 Å². The van der Waals surface area contributed by atoms with Crippen molar-refractivity contribution in [1.82, 2.24) is 5.32 Å². The summed E-state index contributed by atoms with van der Waals surface area (Å²) in [4.78, 5) is 0. The minimum atomic E-state index is 0.619. The van der Waals surface area contributed by atoms with E-state index in [1.807, 2.05) is 0 Å². The molecule has 4 unspecified atom stereocenters. The highest BCUT2D eigenvalue weighted by Gasteiger charge is 2.23. The quantitative estimate of drug-likeness (QED) is 0.639. The lowest BCUT2D eigenvalue weighted by atomic mass is 9.81. The van der Waals surface area contributed by atoms with Crippen LogP contribution in [0.4, 0.5) is 0 Å². The van der Waals surface area contributed by atoms with Crippen molar-refractivity contribution < 1.29 is 0 Å². The maximum Gasteiger partial charge on any atom is 0.0227 e. The van der Waals surface area contributed by atoms with Gasteiger partial charge in [0.2, 0.25) is 0 Å². The number of rotatable bonds is 7. The van der Waals surface area contributed by atoms with Crippen molar-refractivity contribution in [2.45, 2.75) is 85.6 Å². The molecular formula is C18H35N. The smallest absolute Gasteiger partial charge is 0.0227 e. The SMILES string of the molecule is CCCC(C)CC1CCC=C(NC(C)CC)CC1C. The van der Waals surface area contributed by atoms with Gasteiger partial charge in [0.05, 0.1) is 0 Å². The second-order valence-corrected chi connectivity index (χ2v) is 6.83. The summed E-state index contributed by atoms with van der Waals surface area (Å²) in [5.41, 5.74) is 1.51. The largest absolute Gasteiger partial charge is 0.386 e. The summed E-state index contributed by atoms with van der Waals surface area (Å²) in [7, 11) is 0. The highest BCUT2D eigenvalue weighted by atomic mass is 14.9. The van der Waals surface area contributed by atoms with Crippen molar-refractivity contribution >= 4 is 0 Å². The molecule has 0 amide bonds. The molecule has 4 atom stereocenters. The molecule has 0 heterocycles. The fourth-order valence-corrected chi connectivity index (χ4v) is 3.37. The Morgan fingerprint density at radius 2 is 2.05 bits per heavy atom. The molecule has 1 rings (SSSR count). The maximum absolute atomic E-state index is 3.70. The Morgan fingerprint density at radius 3 is 2.68 bits per heavy atom. The summed E-state index contributed by atoms with van der Waals surface area (Å²) < 4.78 is 0. The van der Waals surface area contributed by atoms with Gasteiger partial charge in [-0.25, -0.2) is 0 Å². The van der Waals surface area contributed by atoms with Crippen molar-refractivity contribution in [2.24, 2.45) is 17.8 Å². The molecule has 1 aliphatic rings. The summed E-state index contributed by atoms with van der Waals surface area (Å²) in [6.45, 7) is 11.8. The van der Waals surface area contributed by atoms with E-state index in [0.29, 0.717) is 6.04 Å². The van der Waals surface area contributed by atoms with E-state index in [4.69, 9.17) is 0 Å². The van der Waals surface area contributed by atoms with Crippen LogP contribution in [0.5, 0.6) is 0 Å². The molecule has 0 saturated carbocycles. The molecule has 0 aromatic carbocycles. The standard InChI is InChI=1S/C18H35N/c1-6-9-14(3)12-17-10-8-11-18(13-15(17)4)19-16(5)7-2/h11,14-17,19H,6-10,12-13H2,1-5H3. The molecule has 0 aromatic heterocycles. The van der Waals surface area contributed by atoms with E-state index in [2.05, 4.69) is 46.0 Å². The third kappa shape index (κ3) is 6.01. The van der Waals surface area contributed by atoms with Gasteiger partial charge in [0, 0.05) is 11.7 Å². The lowest BCUT2D eigenvalue weighted by Gasteiger charge is -2.26. The monoisotopic (exact) mass is 265 g/mol. The minimum Gasteiger partial charge on any atom is -0.386 e.